The fourth-order valence-corrected chi connectivity index (χ4v) is 3.50. The second-order valence-electron chi connectivity index (χ2n) is 6.19. The number of carbonyl (C=O) groups excluding carboxylic acids is 2. The molecule has 0 saturated heterocycles. The van der Waals surface area contributed by atoms with Crippen LogP contribution in [0.1, 0.15) is 59.8 Å². The molecule has 0 aliphatic heterocycles. The Hall–Kier alpha value is -2.34. The molecule has 1 aromatic heterocycles. The van der Waals surface area contributed by atoms with Crippen molar-refractivity contribution in [3.05, 3.63) is 45.6 Å². The van der Waals surface area contributed by atoms with Crippen molar-refractivity contribution in [2.24, 2.45) is 0 Å². The Morgan fingerprint density at radius 2 is 1.74 bits per heavy atom. The monoisotopic (exact) mass is 389 g/mol. The average molecular weight is 390 g/mol. The van der Waals surface area contributed by atoms with Crippen molar-refractivity contribution < 1.29 is 19.1 Å². The quantitative estimate of drug-likeness (QED) is 0.599. The van der Waals surface area contributed by atoms with Crippen LogP contribution in [-0.2, 0) is 4.79 Å². The second-order valence-corrected chi connectivity index (χ2v) is 7.48. The van der Waals surface area contributed by atoms with Gasteiger partial charge in [0.25, 0.3) is 0 Å². The highest BCUT2D eigenvalue weighted by Crippen LogP contribution is 2.30. The second kappa shape index (κ2) is 10.1. The molecule has 1 atom stereocenters. The zero-order chi connectivity index (χ0) is 19.8. The van der Waals surface area contributed by atoms with Crippen LogP contribution in [-0.4, -0.2) is 24.9 Å². The van der Waals surface area contributed by atoms with E-state index in [1.54, 1.807) is 0 Å². The topological polar surface area (TPSA) is 64.6 Å². The molecule has 2 aromatic rings. The van der Waals surface area contributed by atoms with E-state index in [4.69, 9.17) is 9.47 Å². The molecule has 5 nitrogen and oxygen atoms in total. The van der Waals surface area contributed by atoms with Crippen molar-refractivity contribution in [1.29, 1.82) is 0 Å². The average Bonchev–Trinajstić information content (AvgIpc) is 3.08. The van der Waals surface area contributed by atoms with Crippen LogP contribution in [0.5, 0.6) is 11.5 Å². The minimum absolute atomic E-state index is 0.00982. The van der Waals surface area contributed by atoms with E-state index < -0.39 is 0 Å². The van der Waals surface area contributed by atoms with Crippen LogP contribution >= 0.6 is 11.3 Å². The first-order valence-corrected chi connectivity index (χ1v) is 10.0. The number of Topliss-reactive ketones (excluding diaryl/α,β-unsaturated/α-hetero) is 1. The summed E-state index contributed by atoms with van der Waals surface area (Å²) in [6.45, 7) is 8.81. The number of hydrogen-bond donors (Lipinski definition) is 1. The third-order valence-electron chi connectivity index (χ3n) is 4.04. The summed E-state index contributed by atoms with van der Waals surface area (Å²) in [6, 6.07) is 9.21. The molecular formula is C21H27NO4S. The van der Waals surface area contributed by atoms with Gasteiger partial charge < -0.3 is 14.8 Å². The number of rotatable bonds is 10. The summed E-state index contributed by atoms with van der Waals surface area (Å²) in [6.07, 6.45) is 0.390. The lowest BCUT2D eigenvalue weighted by Crippen LogP contribution is -2.27. The first kappa shape index (κ1) is 21.0. The zero-order valence-corrected chi connectivity index (χ0v) is 17.2. The van der Waals surface area contributed by atoms with Gasteiger partial charge in [-0.1, -0.05) is 6.07 Å². The van der Waals surface area contributed by atoms with Crippen LogP contribution < -0.4 is 14.8 Å². The highest BCUT2D eigenvalue weighted by molar-refractivity contribution is 7.14. The van der Waals surface area contributed by atoms with Gasteiger partial charge in [-0.2, -0.15) is 0 Å². The van der Waals surface area contributed by atoms with Gasteiger partial charge in [-0.25, -0.2) is 0 Å². The van der Waals surface area contributed by atoms with E-state index in [1.807, 2.05) is 58.0 Å². The van der Waals surface area contributed by atoms with E-state index in [9.17, 15) is 9.59 Å². The molecule has 0 fully saturated rings. The van der Waals surface area contributed by atoms with E-state index in [1.165, 1.54) is 11.3 Å². The molecule has 0 spiro atoms. The van der Waals surface area contributed by atoms with Gasteiger partial charge in [-0.05, 0) is 57.5 Å². The predicted molar refractivity (Wildman–Crippen MR) is 108 cm³/mol. The van der Waals surface area contributed by atoms with Gasteiger partial charge in [0.2, 0.25) is 5.91 Å². The van der Waals surface area contributed by atoms with Gasteiger partial charge in [-0.15, -0.1) is 11.3 Å². The number of ketones is 1. The standard InChI is InChI=1S/C21H27NO4S/c1-5-25-18-10-8-16(13-19(18)26-6-2)15(4)22-21(24)12-9-17(23)20-11-7-14(3)27-20/h7-8,10-11,13,15H,5-6,9,12H2,1-4H3,(H,22,24). The van der Waals surface area contributed by atoms with E-state index in [-0.39, 0.29) is 30.6 Å². The fraction of sp³-hybridized carbons (Fsp3) is 0.429. The summed E-state index contributed by atoms with van der Waals surface area (Å²) >= 11 is 1.46. The lowest BCUT2D eigenvalue weighted by atomic mass is 10.1. The molecule has 1 heterocycles. The Labute approximate surface area is 164 Å². The van der Waals surface area contributed by atoms with Crippen molar-refractivity contribution in [2.45, 2.75) is 46.6 Å². The molecular weight excluding hydrogens is 362 g/mol. The van der Waals surface area contributed by atoms with Gasteiger partial charge in [0, 0.05) is 17.7 Å². The molecule has 0 aliphatic carbocycles. The summed E-state index contributed by atoms with van der Waals surface area (Å²) in [5.41, 5.74) is 0.926. The summed E-state index contributed by atoms with van der Waals surface area (Å²) in [5.74, 6) is 1.23. The maximum absolute atomic E-state index is 12.2. The number of carbonyl (C=O) groups is 2. The summed E-state index contributed by atoms with van der Waals surface area (Å²) in [5, 5.41) is 2.94. The Morgan fingerprint density at radius 3 is 2.37 bits per heavy atom. The first-order chi connectivity index (χ1) is 12.9. The van der Waals surface area contributed by atoms with Crippen LogP contribution in [0.3, 0.4) is 0 Å². The number of thiophene rings is 1. The maximum atomic E-state index is 12.2. The molecule has 1 aromatic carbocycles. The van der Waals surface area contributed by atoms with Gasteiger partial charge in [0.1, 0.15) is 0 Å². The summed E-state index contributed by atoms with van der Waals surface area (Å²) in [4.78, 5) is 26.2. The minimum Gasteiger partial charge on any atom is -0.490 e. The molecule has 0 saturated carbocycles. The van der Waals surface area contributed by atoms with Crippen LogP contribution in [0.15, 0.2) is 30.3 Å². The highest BCUT2D eigenvalue weighted by Gasteiger charge is 2.15. The van der Waals surface area contributed by atoms with E-state index in [0.717, 1.165) is 10.4 Å². The third kappa shape index (κ3) is 6.10. The fourth-order valence-electron chi connectivity index (χ4n) is 2.67. The van der Waals surface area contributed by atoms with Gasteiger partial charge in [0.15, 0.2) is 17.3 Å². The summed E-state index contributed by atoms with van der Waals surface area (Å²) in [7, 11) is 0. The molecule has 1 amide bonds. The first-order valence-electron chi connectivity index (χ1n) is 9.23. The Kier molecular flexibility index (Phi) is 7.85. The Bertz CT molecular complexity index is 784. The van der Waals surface area contributed by atoms with Crippen molar-refractivity contribution >= 4 is 23.0 Å². The number of ether oxygens (including phenoxy) is 2. The smallest absolute Gasteiger partial charge is 0.220 e. The van der Waals surface area contributed by atoms with Gasteiger partial charge in [0.05, 0.1) is 24.1 Å². The molecule has 1 N–H and O–H groups in total. The zero-order valence-electron chi connectivity index (χ0n) is 16.3. The van der Waals surface area contributed by atoms with Crippen LogP contribution in [0.2, 0.25) is 0 Å². The third-order valence-corrected chi connectivity index (χ3v) is 5.08. The van der Waals surface area contributed by atoms with E-state index >= 15 is 0 Å². The van der Waals surface area contributed by atoms with Crippen LogP contribution in [0.4, 0.5) is 0 Å². The number of benzene rings is 1. The predicted octanol–water partition coefficient (Wildman–Crippen LogP) is 4.69. The molecule has 0 radical (unpaired) electrons. The molecule has 0 aliphatic rings. The van der Waals surface area contributed by atoms with Crippen LogP contribution in [0.25, 0.3) is 0 Å². The number of amides is 1. The highest BCUT2D eigenvalue weighted by atomic mass is 32.1. The molecule has 6 heteroatoms. The van der Waals surface area contributed by atoms with E-state index in [2.05, 4.69) is 5.32 Å². The summed E-state index contributed by atoms with van der Waals surface area (Å²) < 4.78 is 11.2. The minimum atomic E-state index is -0.188. The number of hydrogen-bond acceptors (Lipinski definition) is 5. The van der Waals surface area contributed by atoms with Crippen molar-refractivity contribution in [3.8, 4) is 11.5 Å². The normalized spacial score (nSPS) is 11.7. The number of nitrogens with one attached hydrogen (secondary N) is 1. The van der Waals surface area contributed by atoms with Gasteiger partial charge in [-0.3, -0.25) is 9.59 Å². The van der Waals surface area contributed by atoms with Crippen LogP contribution in [0, 0.1) is 6.92 Å². The molecule has 146 valence electrons. The largest absolute Gasteiger partial charge is 0.490 e. The number of aryl methyl sites for hydroxylation is 1. The molecule has 1 unspecified atom stereocenters. The van der Waals surface area contributed by atoms with Crippen molar-refractivity contribution in [1.82, 2.24) is 5.32 Å². The molecule has 2 rings (SSSR count). The lowest BCUT2D eigenvalue weighted by molar-refractivity contribution is -0.121. The Balaban J connectivity index is 1.93. The van der Waals surface area contributed by atoms with Gasteiger partial charge >= 0.3 is 0 Å². The molecule has 0 bridgehead atoms. The van der Waals surface area contributed by atoms with E-state index in [0.29, 0.717) is 29.6 Å². The van der Waals surface area contributed by atoms with Crippen molar-refractivity contribution in [3.63, 3.8) is 0 Å². The molecule has 27 heavy (non-hydrogen) atoms. The maximum Gasteiger partial charge on any atom is 0.220 e. The Morgan fingerprint density at radius 1 is 1.04 bits per heavy atom. The lowest BCUT2D eigenvalue weighted by Gasteiger charge is -2.17. The van der Waals surface area contributed by atoms with Crippen molar-refractivity contribution in [2.75, 3.05) is 13.2 Å². The SMILES string of the molecule is CCOc1ccc(C(C)NC(=O)CCC(=O)c2ccc(C)s2)cc1OCC.